The van der Waals surface area contributed by atoms with Crippen LogP contribution in [0.2, 0.25) is 5.02 Å². The number of para-hydroxylation sites is 1. The van der Waals surface area contributed by atoms with Crippen molar-refractivity contribution in [1.29, 1.82) is 0 Å². The van der Waals surface area contributed by atoms with E-state index in [1.807, 2.05) is 19.1 Å². The van der Waals surface area contributed by atoms with Gasteiger partial charge in [-0.2, -0.15) is 0 Å². The Labute approximate surface area is 172 Å². The second-order valence-corrected chi connectivity index (χ2v) is 7.13. The van der Waals surface area contributed by atoms with Crippen molar-refractivity contribution >= 4 is 35.1 Å². The maximum absolute atomic E-state index is 12.9. The van der Waals surface area contributed by atoms with Crippen molar-refractivity contribution in [2.45, 2.75) is 13.5 Å². The molecule has 1 heterocycles. The lowest BCUT2D eigenvalue weighted by atomic mass is 10.1. The number of hydrogen-bond donors (Lipinski definition) is 0. The fraction of sp³-hybridized carbons (Fsp3) is 0.0870. The number of fused-ring (bicyclic) bond motifs is 1. The zero-order valence-electron chi connectivity index (χ0n) is 15.5. The number of benzene rings is 3. The van der Waals surface area contributed by atoms with Crippen LogP contribution in [0.15, 0.2) is 66.7 Å². The molecule has 3 aromatic rings. The van der Waals surface area contributed by atoms with Crippen LogP contribution in [0.1, 0.15) is 42.2 Å². The monoisotopic (exact) mass is 405 g/mol. The van der Waals surface area contributed by atoms with Crippen LogP contribution in [0.25, 0.3) is 0 Å². The van der Waals surface area contributed by atoms with Gasteiger partial charge in [0, 0.05) is 5.02 Å². The highest BCUT2D eigenvalue weighted by Crippen LogP contribution is 2.31. The first-order valence-corrected chi connectivity index (χ1v) is 9.33. The largest absolute Gasteiger partial charge is 0.457 e. The van der Waals surface area contributed by atoms with Gasteiger partial charge in [-0.15, -0.1) is 0 Å². The SMILES string of the molecule is Cc1ccccc1N1C(=O)c2ccc(C(=O)OCc3ccc(Cl)cc3)cc2C1=O. The molecule has 1 aliphatic rings. The normalized spacial score (nSPS) is 12.8. The zero-order chi connectivity index (χ0) is 20.5. The number of carbonyl (C=O) groups is 3. The molecular formula is C23H16ClNO4. The first-order chi connectivity index (χ1) is 14.0. The summed E-state index contributed by atoms with van der Waals surface area (Å²) in [4.78, 5) is 39.2. The minimum absolute atomic E-state index is 0.0787. The molecule has 0 radical (unpaired) electrons. The number of rotatable bonds is 4. The molecule has 4 rings (SSSR count). The van der Waals surface area contributed by atoms with E-state index in [4.69, 9.17) is 16.3 Å². The summed E-state index contributed by atoms with van der Waals surface area (Å²) < 4.78 is 5.31. The van der Waals surface area contributed by atoms with Crippen LogP contribution >= 0.6 is 11.6 Å². The molecule has 0 fully saturated rings. The van der Waals surface area contributed by atoms with E-state index in [2.05, 4.69) is 0 Å². The molecule has 0 unspecified atom stereocenters. The molecule has 2 amide bonds. The van der Waals surface area contributed by atoms with Gasteiger partial charge in [0.05, 0.1) is 22.4 Å². The average molecular weight is 406 g/mol. The summed E-state index contributed by atoms with van der Waals surface area (Å²) >= 11 is 5.84. The molecule has 0 aromatic heterocycles. The van der Waals surface area contributed by atoms with Crippen LogP contribution in [0.3, 0.4) is 0 Å². The third-order valence-electron chi connectivity index (χ3n) is 4.76. The number of nitrogens with zero attached hydrogens (tertiary/aromatic N) is 1. The van der Waals surface area contributed by atoms with E-state index in [0.29, 0.717) is 10.7 Å². The summed E-state index contributed by atoms with van der Waals surface area (Å²) in [7, 11) is 0. The van der Waals surface area contributed by atoms with Gasteiger partial charge in [0.2, 0.25) is 0 Å². The molecule has 3 aromatic carbocycles. The van der Waals surface area contributed by atoms with Gasteiger partial charge in [-0.1, -0.05) is 41.9 Å². The number of imide groups is 1. The average Bonchev–Trinajstić information content (AvgIpc) is 2.98. The van der Waals surface area contributed by atoms with Crippen molar-refractivity contribution in [2.24, 2.45) is 0 Å². The van der Waals surface area contributed by atoms with E-state index in [1.54, 1.807) is 36.4 Å². The zero-order valence-corrected chi connectivity index (χ0v) is 16.3. The van der Waals surface area contributed by atoms with Crippen molar-refractivity contribution in [2.75, 3.05) is 4.90 Å². The summed E-state index contributed by atoms with van der Waals surface area (Å²) in [5.74, 6) is -1.43. The van der Waals surface area contributed by atoms with Gasteiger partial charge in [0.15, 0.2) is 0 Å². The Morgan fingerprint density at radius 3 is 2.34 bits per heavy atom. The fourth-order valence-corrected chi connectivity index (χ4v) is 3.34. The van der Waals surface area contributed by atoms with Crippen LogP contribution in [-0.4, -0.2) is 17.8 Å². The smallest absolute Gasteiger partial charge is 0.338 e. The van der Waals surface area contributed by atoms with Gasteiger partial charge >= 0.3 is 5.97 Å². The van der Waals surface area contributed by atoms with Crippen molar-refractivity contribution < 1.29 is 19.1 Å². The van der Waals surface area contributed by atoms with E-state index in [0.717, 1.165) is 16.0 Å². The topological polar surface area (TPSA) is 63.7 Å². The van der Waals surface area contributed by atoms with Gasteiger partial charge in [0.1, 0.15) is 6.61 Å². The Hall–Kier alpha value is -3.44. The Bertz CT molecular complexity index is 1140. The number of hydrogen-bond acceptors (Lipinski definition) is 4. The van der Waals surface area contributed by atoms with Crippen molar-refractivity contribution in [3.63, 3.8) is 0 Å². The predicted octanol–water partition coefficient (Wildman–Crippen LogP) is 4.81. The molecule has 6 heteroatoms. The molecule has 29 heavy (non-hydrogen) atoms. The van der Waals surface area contributed by atoms with Crippen molar-refractivity contribution in [1.82, 2.24) is 0 Å². The lowest BCUT2D eigenvalue weighted by molar-refractivity contribution is 0.0472. The highest BCUT2D eigenvalue weighted by atomic mass is 35.5. The van der Waals surface area contributed by atoms with Gasteiger partial charge in [-0.05, 0) is 54.4 Å². The molecule has 0 saturated carbocycles. The summed E-state index contributed by atoms with van der Waals surface area (Å²) in [5.41, 5.74) is 2.81. The predicted molar refractivity (Wildman–Crippen MR) is 109 cm³/mol. The molecule has 0 saturated heterocycles. The highest BCUT2D eigenvalue weighted by molar-refractivity contribution is 6.35. The maximum Gasteiger partial charge on any atom is 0.338 e. The quantitative estimate of drug-likeness (QED) is 0.461. The van der Waals surface area contributed by atoms with Crippen molar-refractivity contribution in [3.8, 4) is 0 Å². The van der Waals surface area contributed by atoms with Gasteiger partial charge in [0.25, 0.3) is 11.8 Å². The Kier molecular flexibility index (Phi) is 4.91. The Morgan fingerprint density at radius 2 is 1.62 bits per heavy atom. The Morgan fingerprint density at radius 1 is 0.931 bits per heavy atom. The van der Waals surface area contributed by atoms with Crippen LogP contribution in [0, 0.1) is 6.92 Å². The number of halogens is 1. The molecule has 1 aliphatic heterocycles. The number of aryl methyl sites for hydroxylation is 1. The molecule has 0 aliphatic carbocycles. The number of esters is 1. The second-order valence-electron chi connectivity index (χ2n) is 6.70. The molecule has 144 valence electrons. The van der Waals surface area contributed by atoms with E-state index in [1.165, 1.54) is 18.2 Å². The van der Waals surface area contributed by atoms with Crippen LogP contribution in [-0.2, 0) is 11.3 Å². The Balaban J connectivity index is 1.56. The molecule has 0 N–H and O–H groups in total. The number of carbonyl (C=O) groups excluding carboxylic acids is 3. The lowest BCUT2D eigenvalue weighted by Crippen LogP contribution is -2.29. The third-order valence-corrected chi connectivity index (χ3v) is 5.01. The summed E-state index contributed by atoms with van der Waals surface area (Å²) in [6.07, 6.45) is 0. The first kappa shape index (κ1) is 18.9. The summed E-state index contributed by atoms with van der Waals surface area (Å²) in [6.45, 7) is 1.91. The second kappa shape index (κ2) is 7.53. The molecule has 0 atom stereocenters. The number of amides is 2. The highest BCUT2D eigenvalue weighted by Gasteiger charge is 2.37. The van der Waals surface area contributed by atoms with E-state index in [9.17, 15) is 14.4 Å². The molecule has 0 spiro atoms. The number of anilines is 1. The standard InChI is InChI=1S/C23H16ClNO4/c1-14-4-2-3-5-20(14)25-21(26)18-11-8-16(12-19(18)22(25)27)23(28)29-13-15-6-9-17(24)10-7-15/h2-12H,13H2,1H3. The minimum Gasteiger partial charge on any atom is -0.457 e. The van der Waals surface area contributed by atoms with Crippen LogP contribution in [0.5, 0.6) is 0 Å². The van der Waals surface area contributed by atoms with Crippen molar-refractivity contribution in [3.05, 3.63) is 99.6 Å². The van der Waals surface area contributed by atoms with Crippen LogP contribution in [0.4, 0.5) is 5.69 Å². The summed E-state index contributed by atoms with van der Waals surface area (Å²) in [5, 5.41) is 0.597. The van der Waals surface area contributed by atoms with Gasteiger partial charge in [-0.3, -0.25) is 9.59 Å². The number of ether oxygens (including phenoxy) is 1. The van der Waals surface area contributed by atoms with E-state index >= 15 is 0 Å². The van der Waals surface area contributed by atoms with Gasteiger partial charge in [-0.25, -0.2) is 9.69 Å². The minimum atomic E-state index is -0.572. The first-order valence-electron chi connectivity index (χ1n) is 8.96. The fourth-order valence-electron chi connectivity index (χ4n) is 3.21. The molecule has 5 nitrogen and oxygen atoms in total. The summed E-state index contributed by atoms with van der Waals surface area (Å²) in [6, 6.07) is 18.5. The lowest BCUT2D eigenvalue weighted by Gasteiger charge is -2.16. The van der Waals surface area contributed by atoms with Gasteiger partial charge < -0.3 is 4.74 Å². The maximum atomic E-state index is 12.9. The molecule has 0 bridgehead atoms. The molecular weight excluding hydrogens is 390 g/mol. The van der Waals surface area contributed by atoms with E-state index < -0.39 is 17.8 Å². The third kappa shape index (κ3) is 3.52. The van der Waals surface area contributed by atoms with Crippen LogP contribution < -0.4 is 4.90 Å². The van der Waals surface area contributed by atoms with E-state index in [-0.39, 0.29) is 23.3 Å².